The summed E-state index contributed by atoms with van der Waals surface area (Å²) in [6.07, 6.45) is 6.48. The van der Waals surface area contributed by atoms with Crippen molar-refractivity contribution in [2.45, 2.75) is 82.5 Å². The van der Waals surface area contributed by atoms with Gasteiger partial charge in [0.25, 0.3) is 11.8 Å². The van der Waals surface area contributed by atoms with Crippen molar-refractivity contribution in [1.29, 1.82) is 0 Å². The normalized spacial score (nSPS) is 18.2. The van der Waals surface area contributed by atoms with E-state index in [1.54, 1.807) is 34.1 Å². The summed E-state index contributed by atoms with van der Waals surface area (Å²) in [6.45, 7) is 4.58. The minimum Gasteiger partial charge on any atom is -0.352 e. The van der Waals surface area contributed by atoms with Gasteiger partial charge < -0.3 is 30.7 Å². The Kier molecular flexibility index (Phi) is 11.9. The number of amides is 4. The second kappa shape index (κ2) is 16.7. The van der Waals surface area contributed by atoms with E-state index in [1.165, 1.54) is 6.42 Å². The molecule has 3 aromatic rings. The quantitative estimate of drug-likeness (QED) is 0.246. The summed E-state index contributed by atoms with van der Waals surface area (Å²) in [5.41, 5.74) is 2.44. The number of nitrogens with zero attached hydrogens (tertiary/aromatic N) is 3. The molecule has 270 valence electrons. The van der Waals surface area contributed by atoms with Gasteiger partial charge in [0.05, 0.1) is 6.67 Å². The van der Waals surface area contributed by atoms with Crippen LogP contribution >= 0.6 is 11.6 Å². The van der Waals surface area contributed by atoms with Crippen molar-refractivity contribution in [3.63, 3.8) is 0 Å². The number of para-hydroxylation sites is 1. The van der Waals surface area contributed by atoms with E-state index in [1.807, 2.05) is 61.5 Å². The number of likely N-dealkylation sites (tertiary alicyclic amines) is 1. The molecule has 3 N–H and O–H groups in total. The molecule has 1 atom stereocenters. The lowest BCUT2D eigenvalue weighted by molar-refractivity contribution is -0.140. The predicted octanol–water partition coefficient (Wildman–Crippen LogP) is 4.91. The topological polar surface area (TPSA) is 114 Å². The molecule has 3 fully saturated rings. The van der Waals surface area contributed by atoms with Crippen molar-refractivity contribution < 1.29 is 19.2 Å². The largest absolute Gasteiger partial charge is 0.352 e. The zero-order valence-electron chi connectivity index (χ0n) is 29.4. The first kappa shape index (κ1) is 36.4. The minimum absolute atomic E-state index is 0.00829. The van der Waals surface area contributed by atoms with E-state index in [-0.39, 0.29) is 36.2 Å². The molecule has 2 aliphatic heterocycles. The summed E-state index contributed by atoms with van der Waals surface area (Å²) in [7, 11) is 0. The van der Waals surface area contributed by atoms with Crippen LogP contribution in [0.4, 0.5) is 5.69 Å². The summed E-state index contributed by atoms with van der Waals surface area (Å²) in [5, 5.41) is 10.0. The van der Waals surface area contributed by atoms with Crippen molar-refractivity contribution in [1.82, 2.24) is 25.8 Å². The summed E-state index contributed by atoms with van der Waals surface area (Å²) in [5.74, 6) is -0.728. The molecule has 0 radical (unpaired) electrons. The molecular formula is C40H49ClN6O4. The smallest absolute Gasteiger partial charge is 0.251 e. The first-order chi connectivity index (χ1) is 24.8. The van der Waals surface area contributed by atoms with E-state index >= 15 is 0 Å². The summed E-state index contributed by atoms with van der Waals surface area (Å²) >= 11 is 6.14. The van der Waals surface area contributed by atoms with E-state index in [0.29, 0.717) is 56.2 Å². The zero-order chi connectivity index (χ0) is 35.8. The zero-order valence-corrected chi connectivity index (χ0v) is 30.2. The van der Waals surface area contributed by atoms with Crippen molar-refractivity contribution >= 4 is 40.9 Å². The van der Waals surface area contributed by atoms with Gasteiger partial charge in [-0.25, -0.2) is 0 Å². The highest BCUT2D eigenvalue weighted by atomic mass is 35.5. The Hall–Kier alpha value is -4.41. The molecule has 0 bridgehead atoms. The Morgan fingerprint density at radius 3 is 2.22 bits per heavy atom. The van der Waals surface area contributed by atoms with Gasteiger partial charge in [0.2, 0.25) is 11.8 Å². The highest BCUT2D eigenvalue weighted by Gasteiger charge is 2.54. The Labute approximate surface area is 305 Å². The van der Waals surface area contributed by atoms with Crippen LogP contribution in [0.25, 0.3) is 0 Å². The SMILES string of the molecule is CCNCc1ccc(C(=O)N[C@H](Cc2ccc(Cl)cc2)C(=O)N2CCC3(CC2)C(=O)N(CC(=O)NC2CCCCC2)CN3c2ccccc2)cc1. The summed E-state index contributed by atoms with van der Waals surface area (Å²) in [6, 6.07) is 23.8. The average molecular weight is 713 g/mol. The lowest BCUT2D eigenvalue weighted by Gasteiger charge is -2.44. The Morgan fingerprint density at radius 1 is 0.882 bits per heavy atom. The molecule has 10 nitrogen and oxygen atoms in total. The van der Waals surface area contributed by atoms with E-state index < -0.39 is 11.6 Å². The molecule has 1 aliphatic carbocycles. The highest BCUT2D eigenvalue weighted by molar-refractivity contribution is 6.30. The van der Waals surface area contributed by atoms with Crippen LogP contribution in [0.3, 0.4) is 0 Å². The summed E-state index contributed by atoms with van der Waals surface area (Å²) < 4.78 is 0. The molecular weight excluding hydrogens is 664 g/mol. The standard InChI is InChI=1S/C40H49ClN6O4/c1-2-42-26-30-13-17-31(18-14-30)37(49)44-35(25-29-15-19-32(41)20-16-29)38(50)45-23-21-40(22-24-45)39(51)46(28-47(40)34-11-7-4-8-12-34)27-36(48)43-33-9-5-3-6-10-33/h4,7-8,11-20,33,35,42H,2-3,5-6,9-10,21-28H2,1H3,(H,43,48)(H,44,49)/t35-/m1/s1. The van der Waals surface area contributed by atoms with Crippen LogP contribution in [0.1, 0.15) is 73.4 Å². The van der Waals surface area contributed by atoms with Crippen molar-refractivity contribution in [2.24, 2.45) is 0 Å². The third kappa shape index (κ3) is 8.73. The van der Waals surface area contributed by atoms with Crippen LogP contribution in [0.2, 0.25) is 5.02 Å². The minimum atomic E-state index is -0.882. The maximum Gasteiger partial charge on any atom is 0.251 e. The van der Waals surface area contributed by atoms with Crippen molar-refractivity contribution in [2.75, 3.05) is 37.7 Å². The number of rotatable bonds is 12. The number of anilines is 1. The van der Waals surface area contributed by atoms with Gasteiger partial charge >= 0.3 is 0 Å². The van der Waals surface area contributed by atoms with Gasteiger partial charge in [0.15, 0.2) is 0 Å². The summed E-state index contributed by atoms with van der Waals surface area (Å²) in [4.78, 5) is 60.7. The van der Waals surface area contributed by atoms with Crippen molar-refractivity contribution in [3.05, 3.63) is 101 Å². The number of nitrogens with one attached hydrogen (secondary N) is 3. The van der Waals surface area contributed by atoms with Gasteiger partial charge in [-0.15, -0.1) is 0 Å². The first-order valence-corrected chi connectivity index (χ1v) is 18.7. The Morgan fingerprint density at radius 2 is 1.55 bits per heavy atom. The molecule has 2 heterocycles. The van der Waals surface area contributed by atoms with Crippen LogP contribution in [0.5, 0.6) is 0 Å². The van der Waals surface area contributed by atoms with E-state index in [2.05, 4.69) is 20.9 Å². The fourth-order valence-electron chi connectivity index (χ4n) is 7.67. The third-order valence-electron chi connectivity index (χ3n) is 10.5. The lowest BCUT2D eigenvalue weighted by atomic mass is 9.85. The second-order valence-corrected chi connectivity index (χ2v) is 14.4. The highest BCUT2D eigenvalue weighted by Crippen LogP contribution is 2.39. The van der Waals surface area contributed by atoms with Crippen LogP contribution in [0.15, 0.2) is 78.9 Å². The predicted molar refractivity (Wildman–Crippen MR) is 199 cm³/mol. The van der Waals surface area contributed by atoms with Crippen LogP contribution < -0.4 is 20.9 Å². The van der Waals surface area contributed by atoms with E-state index in [0.717, 1.165) is 49.0 Å². The van der Waals surface area contributed by atoms with Gasteiger partial charge in [-0.3, -0.25) is 19.2 Å². The van der Waals surface area contributed by atoms with Gasteiger partial charge in [-0.2, -0.15) is 0 Å². The molecule has 3 aromatic carbocycles. The molecule has 1 spiro atoms. The molecule has 6 rings (SSSR count). The van der Waals surface area contributed by atoms with Gasteiger partial charge in [0, 0.05) is 48.4 Å². The molecule has 4 amide bonds. The number of piperidine rings is 1. The average Bonchev–Trinajstić information content (AvgIpc) is 3.41. The van der Waals surface area contributed by atoms with E-state index in [4.69, 9.17) is 11.6 Å². The number of halogens is 1. The van der Waals surface area contributed by atoms with Crippen LogP contribution in [0, 0.1) is 0 Å². The molecule has 2 saturated heterocycles. The molecule has 51 heavy (non-hydrogen) atoms. The molecule has 1 saturated carbocycles. The van der Waals surface area contributed by atoms with Gasteiger partial charge in [0.1, 0.15) is 18.1 Å². The number of hydrogen-bond donors (Lipinski definition) is 3. The van der Waals surface area contributed by atoms with Crippen LogP contribution in [-0.4, -0.2) is 83.9 Å². The molecule has 0 unspecified atom stereocenters. The monoisotopic (exact) mass is 712 g/mol. The second-order valence-electron chi connectivity index (χ2n) is 14.0. The fourth-order valence-corrected chi connectivity index (χ4v) is 7.80. The number of benzene rings is 3. The molecule has 0 aromatic heterocycles. The number of hydrogen-bond acceptors (Lipinski definition) is 6. The Bertz CT molecular complexity index is 1650. The number of carbonyl (C=O) groups is 4. The number of carbonyl (C=O) groups excluding carboxylic acids is 4. The first-order valence-electron chi connectivity index (χ1n) is 18.3. The van der Waals surface area contributed by atoms with Crippen LogP contribution in [-0.2, 0) is 27.3 Å². The lowest BCUT2D eigenvalue weighted by Crippen LogP contribution is -2.60. The molecule has 11 heteroatoms. The third-order valence-corrected chi connectivity index (χ3v) is 10.8. The van der Waals surface area contributed by atoms with Crippen molar-refractivity contribution in [3.8, 4) is 0 Å². The van der Waals surface area contributed by atoms with E-state index in [9.17, 15) is 19.2 Å². The van der Waals surface area contributed by atoms with Gasteiger partial charge in [-0.1, -0.05) is 80.3 Å². The maximum absolute atomic E-state index is 14.3. The molecule has 3 aliphatic rings. The fraction of sp³-hybridized carbons (Fsp3) is 0.450. The Balaban J connectivity index is 1.17. The maximum atomic E-state index is 14.3. The van der Waals surface area contributed by atoms with Gasteiger partial charge in [-0.05, 0) is 79.8 Å².